The summed E-state index contributed by atoms with van der Waals surface area (Å²) in [5.41, 5.74) is 3.34. The van der Waals surface area contributed by atoms with Crippen molar-refractivity contribution in [2.75, 3.05) is 23.3 Å². The smallest absolute Gasteiger partial charge is 0.262 e. The van der Waals surface area contributed by atoms with Gasteiger partial charge in [-0.1, -0.05) is 17.7 Å². The molecule has 0 unspecified atom stereocenters. The van der Waals surface area contributed by atoms with Crippen LogP contribution in [0.3, 0.4) is 0 Å². The molecular weight excluding hydrogens is 468 g/mol. The van der Waals surface area contributed by atoms with Gasteiger partial charge in [-0.2, -0.15) is 0 Å². The third kappa shape index (κ3) is 5.99. The Morgan fingerprint density at radius 2 is 1.51 bits per heavy atom. The number of ether oxygens (including phenoxy) is 2. The van der Waals surface area contributed by atoms with E-state index in [1.54, 1.807) is 30.3 Å². The van der Waals surface area contributed by atoms with Gasteiger partial charge in [0.05, 0.1) is 4.90 Å². The minimum Gasteiger partial charge on any atom is -0.486 e. The van der Waals surface area contributed by atoms with E-state index in [2.05, 4.69) is 10.0 Å². The number of amides is 1. The van der Waals surface area contributed by atoms with Crippen LogP contribution in [0.1, 0.15) is 34.3 Å². The number of fused-ring (bicyclic) bond motifs is 1. The average molecular weight is 495 g/mol. The predicted molar refractivity (Wildman–Crippen MR) is 133 cm³/mol. The Kier molecular flexibility index (Phi) is 7.07. The van der Waals surface area contributed by atoms with Crippen molar-refractivity contribution in [3.63, 3.8) is 0 Å². The Morgan fingerprint density at radius 1 is 0.829 bits per heavy atom. The molecule has 2 N–H and O–H groups in total. The number of hydrogen-bond acceptors (Lipinski definition) is 6. The number of hydrogen-bond donors (Lipinski definition) is 2. The number of rotatable bonds is 8. The molecule has 1 aliphatic rings. The van der Waals surface area contributed by atoms with E-state index >= 15 is 0 Å². The van der Waals surface area contributed by atoms with Crippen LogP contribution in [0.15, 0.2) is 65.6 Å². The molecule has 8 nitrogen and oxygen atoms in total. The van der Waals surface area contributed by atoms with E-state index in [4.69, 9.17) is 9.47 Å². The molecule has 35 heavy (non-hydrogen) atoms. The number of aryl methyl sites for hydroxylation is 2. The van der Waals surface area contributed by atoms with Gasteiger partial charge in [0.15, 0.2) is 17.3 Å². The second-order valence-corrected chi connectivity index (χ2v) is 9.96. The second-order valence-electron chi connectivity index (χ2n) is 8.28. The van der Waals surface area contributed by atoms with Gasteiger partial charge in [-0.15, -0.1) is 0 Å². The number of sulfonamides is 1. The lowest BCUT2D eigenvalue weighted by Crippen LogP contribution is -2.17. The van der Waals surface area contributed by atoms with Gasteiger partial charge in [0.25, 0.3) is 10.0 Å². The molecule has 0 aliphatic carbocycles. The molecular formula is C26H26N2O6S. The van der Waals surface area contributed by atoms with Gasteiger partial charge in [-0.05, 0) is 61.9 Å². The summed E-state index contributed by atoms with van der Waals surface area (Å²) in [6.45, 7) is 4.57. The first-order valence-corrected chi connectivity index (χ1v) is 12.6. The lowest BCUT2D eigenvalue weighted by molar-refractivity contribution is -0.116. The number of Topliss-reactive ketones (excluding diaryl/α,β-unsaturated/α-hetero) is 1. The quantitative estimate of drug-likeness (QED) is 0.447. The average Bonchev–Trinajstić information content (AvgIpc) is 2.84. The highest BCUT2D eigenvalue weighted by Gasteiger charge is 2.19. The van der Waals surface area contributed by atoms with Crippen LogP contribution in [0, 0.1) is 13.8 Å². The number of nitrogens with one attached hydrogen (secondary N) is 2. The molecule has 3 aromatic rings. The van der Waals surface area contributed by atoms with Crippen molar-refractivity contribution in [1.29, 1.82) is 0 Å². The lowest BCUT2D eigenvalue weighted by atomic mass is 9.99. The molecule has 9 heteroatoms. The molecule has 1 aliphatic heterocycles. The predicted octanol–water partition coefficient (Wildman–Crippen LogP) is 4.48. The molecule has 0 spiro atoms. The first-order chi connectivity index (χ1) is 16.7. The summed E-state index contributed by atoms with van der Waals surface area (Å²) in [4.78, 5) is 24.9. The summed E-state index contributed by atoms with van der Waals surface area (Å²) in [6.07, 6.45) is 0.147. The molecule has 0 saturated heterocycles. The van der Waals surface area contributed by atoms with E-state index in [1.165, 1.54) is 12.1 Å². The molecule has 4 rings (SSSR count). The number of benzene rings is 3. The van der Waals surface area contributed by atoms with Crippen LogP contribution in [0.5, 0.6) is 11.5 Å². The van der Waals surface area contributed by atoms with Crippen LogP contribution in [-0.4, -0.2) is 33.3 Å². The van der Waals surface area contributed by atoms with Crippen molar-refractivity contribution in [2.24, 2.45) is 0 Å². The fourth-order valence-electron chi connectivity index (χ4n) is 3.65. The second kappa shape index (κ2) is 10.2. The molecule has 182 valence electrons. The number of carbonyl (C=O) groups excluding carboxylic acids is 2. The third-order valence-electron chi connectivity index (χ3n) is 5.52. The Bertz CT molecular complexity index is 1370. The van der Waals surface area contributed by atoms with Crippen molar-refractivity contribution < 1.29 is 27.5 Å². The molecule has 0 radical (unpaired) electrons. The van der Waals surface area contributed by atoms with E-state index in [-0.39, 0.29) is 29.4 Å². The van der Waals surface area contributed by atoms with Crippen molar-refractivity contribution >= 4 is 33.1 Å². The first-order valence-electron chi connectivity index (χ1n) is 11.1. The Morgan fingerprint density at radius 3 is 2.26 bits per heavy atom. The highest BCUT2D eigenvalue weighted by Crippen LogP contribution is 2.32. The van der Waals surface area contributed by atoms with Crippen LogP contribution in [-0.2, 0) is 14.8 Å². The van der Waals surface area contributed by atoms with Gasteiger partial charge in [0, 0.05) is 35.8 Å². The Hall–Kier alpha value is -3.85. The van der Waals surface area contributed by atoms with Crippen molar-refractivity contribution in [3.8, 4) is 11.5 Å². The topological polar surface area (TPSA) is 111 Å². The SMILES string of the molecule is Cc1ccc(C)c(C(=O)CCC(=O)Nc2ccc(NS(=O)(=O)c3ccc4c(c3)OCCO4)cc2)c1. The molecule has 0 fully saturated rings. The van der Waals surface area contributed by atoms with Crippen molar-refractivity contribution in [3.05, 3.63) is 77.4 Å². The maximum atomic E-state index is 12.8. The monoisotopic (exact) mass is 494 g/mol. The molecule has 0 atom stereocenters. The summed E-state index contributed by atoms with van der Waals surface area (Å²) < 4.78 is 38.9. The summed E-state index contributed by atoms with van der Waals surface area (Å²) in [7, 11) is -3.84. The maximum absolute atomic E-state index is 12.8. The number of carbonyl (C=O) groups is 2. The van der Waals surface area contributed by atoms with E-state index < -0.39 is 10.0 Å². The minimum atomic E-state index is -3.84. The fraction of sp³-hybridized carbons (Fsp3) is 0.231. The zero-order chi connectivity index (χ0) is 25.0. The Labute approximate surface area is 204 Å². The fourth-order valence-corrected chi connectivity index (χ4v) is 4.72. The highest BCUT2D eigenvalue weighted by molar-refractivity contribution is 7.92. The molecule has 3 aromatic carbocycles. The minimum absolute atomic E-state index is 0.0463. The zero-order valence-electron chi connectivity index (χ0n) is 19.5. The third-order valence-corrected chi connectivity index (χ3v) is 6.90. The summed E-state index contributed by atoms with van der Waals surface area (Å²) in [5.74, 6) is 0.512. The summed E-state index contributed by atoms with van der Waals surface area (Å²) in [5, 5.41) is 2.73. The molecule has 0 aromatic heterocycles. The van der Waals surface area contributed by atoms with Gasteiger partial charge >= 0.3 is 0 Å². The van der Waals surface area contributed by atoms with E-state index in [1.807, 2.05) is 32.0 Å². The molecule has 0 saturated carbocycles. The summed E-state index contributed by atoms with van der Waals surface area (Å²) in [6, 6.07) is 16.4. The maximum Gasteiger partial charge on any atom is 0.262 e. The van der Waals surface area contributed by atoms with E-state index in [9.17, 15) is 18.0 Å². The zero-order valence-corrected chi connectivity index (χ0v) is 20.3. The van der Waals surface area contributed by atoms with Crippen molar-refractivity contribution in [2.45, 2.75) is 31.6 Å². The lowest BCUT2D eigenvalue weighted by Gasteiger charge is -2.19. The van der Waals surface area contributed by atoms with Crippen LogP contribution in [0.4, 0.5) is 11.4 Å². The van der Waals surface area contributed by atoms with Gasteiger partial charge in [0.1, 0.15) is 13.2 Å². The van der Waals surface area contributed by atoms with Crippen LogP contribution < -0.4 is 19.5 Å². The van der Waals surface area contributed by atoms with Gasteiger partial charge < -0.3 is 14.8 Å². The van der Waals surface area contributed by atoms with Crippen LogP contribution in [0.25, 0.3) is 0 Å². The highest BCUT2D eigenvalue weighted by atomic mass is 32.2. The largest absolute Gasteiger partial charge is 0.486 e. The number of ketones is 1. The number of anilines is 2. The molecule has 0 bridgehead atoms. The molecule has 1 amide bonds. The normalized spacial score (nSPS) is 12.6. The molecule has 1 heterocycles. The van der Waals surface area contributed by atoms with Crippen LogP contribution >= 0.6 is 0 Å². The van der Waals surface area contributed by atoms with Gasteiger partial charge in [-0.3, -0.25) is 14.3 Å². The summed E-state index contributed by atoms with van der Waals surface area (Å²) >= 11 is 0. The standard InChI is InChI=1S/C26H26N2O6S/c1-17-3-4-18(2)22(15-17)23(29)10-12-26(30)27-19-5-7-20(8-6-19)28-35(31,32)21-9-11-24-25(16-21)34-14-13-33-24/h3-9,11,15-16,28H,10,12-14H2,1-2H3,(H,27,30). The van der Waals surface area contributed by atoms with E-state index in [0.29, 0.717) is 41.7 Å². The van der Waals surface area contributed by atoms with Crippen molar-refractivity contribution in [1.82, 2.24) is 0 Å². The first kappa shape index (κ1) is 24.3. The van der Waals surface area contributed by atoms with Gasteiger partial charge in [-0.25, -0.2) is 8.42 Å². The van der Waals surface area contributed by atoms with Crippen LogP contribution in [0.2, 0.25) is 0 Å². The Balaban J connectivity index is 1.33. The van der Waals surface area contributed by atoms with E-state index in [0.717, 1.165) is 11.1 Å². The van der Waals surface area contributed by atoms with Gasteiger partial charge in [0.2, 0.25) is 5.91 Å².